The largest absolute Gasteiger partial charge is 0.366 e. The van der Waals surface area contributed by atoms with Crippen LogP contribution in [0.1, 0.15) is 54.1 Å². The Balaban J connectivity index is 1.32. The molecule has 4 aromatic rings. The van der Waals surface area contributed by atoms with Crippen LogP contribution in [0.3, 0.4) is 0 Å². The van der Waals surface area contributed by atoms with Crippen molar-refractivity contribution in [3.05, 3.63) is 70.4 Å². The number of amides is 1. The van der Waals surface area contributed by atoms with Gasteiger partial charge >= 0.3 is 0 Å². The molecule has 1 fully saturated rings. The standard InChI is InChI=1S/C29H30ClN5O/c1-29(35-12-2-3-13-35)10-8-18-4-5-19(14-20(18)9-11-29)22-15-24-26(33-34-28(24)32-17-22)21-6-7-23(27(31)36)25(30)16-21/h4-7,14-17H,2-3,8-13H2,1H3,(H2,31,36)(H,32,33,34). The van der Waals surface area contributed by atoms with E-state index < -0.39 is 5.91 Å². The number of nitrogens with two attached hydrogens (primary N) is 1. The van der Waals surface area contributed by atoms with Gasteiger partial charge in [0.2, 0.25) is 5.91 Å². The van der Waals surface area contributed by atoms with E-state index in [1.807, 2.05) is 12.3 Å². The molecule has 1 unspecified atom stereocenters. The number of halogens is 1. The van der Waals surface area contributed by atoms with Gasteiger partial charge in [0.25, 0.3) is 0 Å². The fraction of sp³-hybridized carbons (Fsp3) is 0.345. The van der Waals surface area contributed by atoms with Gasteiger partial charge in [-0.05, 0) is 93.4 Å². The molecule has 3 N–H and O–H groups in total. The summed E-state index contributed by atoms with van der Waals surface area (Å²) in [5.74, 6) is -0.547. The first-order valence-electron chi connectivity index (χ1n) is 12.7. The fourth-order valence-electron chi connectivity index (χ4n) is 5.94. The van der Waals surface area contributed by atoms with Crippen LogP contribution in [0.4, 0.5) is 0 Å². The molecule has 184 valence electrons. The highest BCUT2D eigenvalue weighted by Gasteiger charge is 2.34. The van der Waals surface area contributed by atoms with Crippen molar-refractivity contribution < 1.29 is 4.79 Å². The number of fused-ring (bicyclic) bond motifs is 2. The number of hydrogen-bond donors (Lipinski definition) is 2. The number of likely N-dealkylation sites (tertiary alicyclic amines) is 1. The van der Waals surface area contributed by atoms with Crippen LogP contribution in [-0.4, -0.2) is 44.6 Å². The number of aromatic nitrogens is 3. The average molecular weight is 500 g/mol. The van der Waals surface area contributed by atoms with Gasteiger partial charge in [-0.3, -0.25) is 14.8 Å². The lowest BCUT2D eigenvalue weighted by Crippen LogP contribution is -2.44. The normalized spacial score (nSPS) is 20.4. The molecule has 0 spiro atoms. The Kier molecular flexibility index (Phi) is 5.81. The molecule has 2 aromatic carbocycles. The van der Waals surface area contributed by atoms with E-state index in [1.165, 1.54) is 55.5 Å². The van der Waals surface area contributed by atoms with Crippen molar-refractivity contribution in [1.29, 1.82) is 0 Å². The van der Waals surface area contributed by atoms with Gasteiger partial charge in [-0.25, -0.2) is 4.98 Å². The topological polar surface area (TPSA) is 87.9 Å². The van der Waals surface area contributed by atoms with Gasteiger partial charge in [-0.1, -0.05) is 35.9 Å². The number of hydrogen-bond acceptors (Lipinski definition) is 4. The predicted molar refractivity (Wildman–Crippen MR) is 144 cm³/mol. The Morgan fingerprint density at radius 3 is 2.50 bits per heavy atom. The maximum absolute atomic E-state index is 11.6. The summed E-state index contributed by atoms with van der Waals surface area (Å²) in [6.45, 7) is 4.95. The van der Waals surface area contributed by atoms with E-state index in [1.54, 1.807) is 12.1 Å². The third-order valence-corrected chi connectivity index (χ3v) is 8.52. The molecule has 0 radical (unpaired) electrons. The third-order valence-electron chi connectivity index (χ3n) is 8.21. The van der Waals surface area contributed by atoms with Gasteiger partial charge in [-0.2, -0.15) is 5.10 Å². The molecule has 1 amide bonds. The Labute approximate surface area is 215 Å². The van der Waals surface area contributed by atoms with E-state index in [-0.39, 0.29) is 0 Å². The summed E-state index contributed by atoms with van der Waals surface area (Å²) >= 11 is 6.31. The lowest BCUT2D eigenvalue weighted by Gasteiger charge is -2.38. The van der Waals surface area contributed by atoms with E-state index in [0.717, 1.165) is 35.0 Å². The number of aromatic amines is 1. The minimum atomic E-state index is -0.547. The second kappa shape index (κ2) is 9.02. The van der Waals surface area contributed by atoms with Crippen molar-refractivity contribution in [1.82, 2.24) is 20.1 Å². The Bertz CT molecular complexity index is 1470. The summed E-state index contributed by atoms with van der Waals surface area (Å²) in [5, 5.41) is 8.69. The number of rotatable bonds is 4. The van der Waals surface area contributed by atoms with E-state index >= 15 is 0 Å². The number of H-pyrrole nitrogens is 1. The van der Waals surface area contributed by atoms with Crippen molar-refractivity contribution in [2.24, 2.45) is 5.73 Å². The van der Waals surface area contributed by atoms with Gasteiger partial charge in [0, 0.05) is 28.2 Å². The van der Waals surface area contributed by atoms with Crippen molar-refractivity contribution in [3.63, 3.8) is 0 Å². The quantitative estimate of drug-likeness (QED) is 0.348. The fourth-order valence-corrected chi connectivity index (χ4v) is 6.21. The zero-order chi connectivity index (χ0) is 24.9. The lowest BCUT2D eigenvalue weighted by molar-refractivity contribution is 0.100. The van der Waals surface area contributed by atoms with Crippen LogP contribution < -0.4 is 5.73 Å². The number of primary amides is 1. The minimum Gasteiger partial charge on any atom is -0.366 e. The maximum atomic E-state index is 11.6. The van der Waals surface area contributed by atoms with Crippen LogP contribution in [-0.2, 0) is 12.8 Å². The molecule has 1 saturated heterocycles. The molecule has 1 aliphatic carbocycles. The maximum Gasteiger partial charge on any atom is 0.250 e. The third kappa shape index (κ3) is 4.08. The van der Waals surface area contributed by atoms with E-state index in [9.17, 15) is 4.79 Å². The zero-order valence-electron chi connectivity index (χ0n) is 20.5. The van der Waals surface area contributed by atoms with Gasteiger partial charge in [-0.15, -0.1) is 0 Å². The first kappa shape index (κ1) is 23.2. The van der Waals surface area contributed by atoms with Crippen molar-refractivity contribution in [2.45, 2.75) is 51.0 Å². The van der Waals surface area contributed by atoms with Crippen LogP contribution in [0.2, 0.25) is 5.02 Å². The Morgan fingerprint density at radius 1 is 1.00 bits per heavy atom. The number of nitrogens with zero attached hydrogens (tertiary/aromatic N) is 3. The number of aryl methyl sites for hydroxylation is 2. The van der Waals surface area contributed by atoms with E-state index in [0.29, 0.717) is 21.8 Å². The first-order chi connectivity index (χ1) is 17.4. The highest BCUT2D eigenvalue weighted by Crippen LogP contribution is 2.37. The highest BCUT2D eigenvalue weighted by molar-refractivity contribution is 6.34. The number of carbonyl (C=O) groups excluding carboxylic acids is 1. The van der Waals surface area contributed by atoms with Gasteiger partial charge in [0.05, 0.1) is 16.3 Å². The first-order valence-corrected chi connectivity index (χ1v) is 13.1. The van der Waals surface area contributed by atoms with Crippen molar-refractivity contribution in [3.8, 4) is 22.4 Å². The molecule has 7 heteroatoms. The summed E-state index contributed by atoms with van der Waals surface area (Å²) in [6.07, 6.45) is 9.22. The Hall–Kier alpha value is -3.22. The predicted octanol–water partition coefficient (Wildman–Crippen LogP) is 5.78. The molecular weight excluding hydrogens is 470 g/mol. The number of pyridine rings is 1. The average Bonchev–Trinajstić information content (AvgIpc) is 3.53. The second-order valence-corrected chi connectivity index (χ2v) is 10.8. The molecule has 2 aliphatic rings. The van der Waals surface area contributed by atoms with Gasteiger partial charge in [0.15, 0.2) is 5.65 Å². The molecule has 3 heterocycles. The molecule has 1 atom stereocenters. The SMILES string of the molecule is CC1(N2CCCC2)CCc2ccc(-c3cnc4n[nH]c(-c5ccc(C(N)=O)c(Cl)c5)c4c3)cc2CC1. The van der Waals surface area contributed by atoms with Crippen LogP contribution in [0.15, 0.2) is 48.7 Å². The molecular formula is C29H30ClN5O. The second-order valence-electron chi connectivity index (χ2n) is 10.4. The molecule has 2 aromatic heterocycles. The van der Waals surface area contributed by atoms with Gasteiger partial charge < -0.3 is 5.73 Å². The highest BCUT2D eigenvalue weighted by atomic mass is 35.5. The van der Waals surface area contributed by atoms with Crippen molar-refractivity contribution in [2.75, 3.05) is 13.1 Å². The minimum absolute atomic E-state index is 0.299. The van der Waals surface area contributed by atoms with Crippen molar-refractivity contribution >= 4 is 28.5 Å². The number of nitrogens with one attached hydrogen (secondary N) is 1. The molecule has 6 rings (SSSR count). The van der Waals surface area contributed by atoms with Crippen LogP contribution >= 0.6 is 11.6 Å². The summed E-state index contributed by atoms with van der Waals surface area (Å²) in [7, 11) is 0. The Morgan fingerprint density at radius 2 is 1.75 bits per heavy atom. The van der Waals surface area contributed by atoms with E-state index in [4.69, 9.17) is 17.3 Å². The summed E-state index contributed by atoms with van der Waals surface area (Å²) in [4.78, 5) is 18.9. The summed E-state index contributed by atoms with van der Waals surface area (Å²) in [5.41, 5.74) is 13.4. The molecule has 0 saturated carbocycles. The van der Waals surface area contributed by atoms with E-state index in [2.05, 4.69) is 51.3 Å². The molecule has 6 nitrogen and oxygen atoms in total. The van der Waals surface area contributed by atoms with Crippen LogP contribution in [0.5, 0.6) is 0 Å². The molecule has 0 bridgehead atoms. The van der Waals surface area contributed by atoms with Crippen LogP contribution in [0.25, 0.3) is 33.4 Å². The van der Waals surface area contributed by atoms with Gasteiger partial charge in [0.1, 0.15) is 0 Å². The summed E-state index contributed by atoms with van der Waals surface area (Å²) in [6, 6.07) is 14.2. The van der Waals surface area contributed by atoms with Crippen LogP contribution in [0, 0.1) is 0 Å². The monoisotopic (exact) mass is 499 g/mol. The number of benzene rings is 2. The zero-order valence-corrected chi connectivity index (χ0v) is 21.2. The smallest absolute Gasteiger partial charge is 0.250 e. The molecule has 36 heavy (non-hydrogen) atoms. The summed E-state index contributed by atoms with van der Waals surface area (Å²) < 4.78 is 0. The lowest BCUT2D eigenvalue weighted by atomic mass is 9.90. The number of carbonyl (C=O) groups is 1. The molecule has 1 aliphatic heterocycles.